The molecule has 1 aliphatic heterocycles. The fourth-order valence-electron chi connectivity index (χ4n) is 2.53. The number of hydrogen-bond acceptors (Lipinski definition) is 4. The summed E-state index contributed by atoms with van der Waals surface area (Å²) in [5.74, 6) is -0.802. The first kappa shape index (κ1) is 14.9. The maximum Gasteiger partial charge on any atom is 0.310 e. The molecule has 6 nitrogen and oxygen atoms in total. The second-order valence-corrected chi connectivity index (χ2v) is 5.90. The monoisotopic (exact) mass is 342 g/mol. The van der Waals surface area contributed by atoms with Crippen LogP contribution in [0.3, 0.4) is 0 Å². The van der Waals surface area contributed by atoms with Crippen LogP contribution in [0.4, 0.5) is 5.69 Å². The van der Waals surface area contributed by atoms with Gasteiger partial charge in [0.25, 0.3) is 5.69 Å². The molecule has 20 heavy (non-hydrogen) atoms. The average molecular weight is 343 g/mol. The highest BCUT2D eigenvalue weighted by molar-refractivity contribution is 9.10. The minimum Gasteiger partial charge on any atom is -0.481 e. The summed E-state index contributed by atoms with van der Waals surface area (Å²) >= 11 is 3.30. The van der Waals surface area contributed by atoms with E-state index in [9.17, 15) is 20.0 Å². The molecular formula is C13H15BrN2O4. The molecule has 0 saturated carbocycles. The van der Waals surface area contributed by atoms with Gasteiger partial charge in [-0.25, -0.2) is 0 Å². The number of benzene rings is 1. The van der Waals surface area contributed by atoms with E-state index in [1.807, 2.05) is 0 Å². The maximum absolute atomic E-state index is 11.6. The Bertz CT molecular complexity index is 541. The van der Waals surface area contributed by atoms with Crippen molar-refractivity contribution in [3.8, 4) is 0 Å². The zero-order valence-corrected chi connectivity index (χ0v) is 12.4. The van der Waals surface area contributed by atoms with Crippen LogP contribution in [0.5, 0.6) is 0 Å². The highest BCUT2D eigenvalue weighted by Crippen LogP contribution is 2.36. The van der Waals surface area contributed by atoms with Crippen molar-refractivity contribution in [1.82, 2.24) is 5.32 Å². The number of carboxylic acids is 1. The third kappa shape index (κ3) is 2.99. The first-order valence-electron chi connectivity index (χ1n) is 6.31. The van der Waals surface area contributed by atoms with Gasteiger partial charge in [-0.2, -0.15) is 0 Å². The zero-order valence-electron chi connectivity index (χ0n) is 10.8. The van der Waals surface area contributed by atoms with Gasteiger partial charge in [0.1, 0.15) is 0 Å². The summed E-state index contributed by atoms with van der Waals surface area (Å²) < 4.78 is 0.589. The lowest BCUT2D eigenvalue weighted by molar-refractivity contribution is -0.384. The molecule has 2 rings (SSSR count). The summed E-state index contributed by atoms with van der Waals surface area (Å²) in [4.78, 5) is 21.9. The maximum atomic E-state index is 11.6. The third-order valence-electron chi connectivity index (χ3n) is 3.79. The molecule has 1 aromatic carbocycles. The van der Waals surface area contributed by atoms with Gasteiger partial charge < -0.3 is 10.4 Å². The first-order chi connectivity index (χ1) is 9.44. The molecular weight excluding hydrogens is 328 g/mol. The molecule has 0 unspecified atom stereocenters. The molecule has 108 valence electrons. The molecule has 1 saturated heterocycles. The van der Waals surface area contributed by atoms with Gasteiger partial charge >= 0.3 is 5.97 Å². The summed E-state index contributed by atoms with van der Waals surface area (Å²) in [7, 11) is 0. The number of rotatable bonds is 4. The van der Waals surface area contributed by atoms with E-state index in [-0.39, 0.29) is 5.69 Å². The topological polar surface area (TPSA) is 92.5 Å². The van der Waals surface area contributed by atoms with E-state index < -0.39 is 16.3 Å². The molecule has 1 aliphatic rings. The van der Waals surface area contributed by atoms with Crippen molar-refractivity contribution < 1.29 is 14.8 Å². The Balaban J connectivity index is 2.27. The number of nitro benzene ring substituents is 1. The fraction of sp³-hybridized carbons (Fsp3) is 0.462. The van der Waals surface area contributed by atoms with E-state index in [1.54, 1.807) is 6.07 Å². The van der Waals surface area contributed by atoms with Gasteiger partial charge in [0.15, 0.2) is 0 Å². The van der Waals surface area contributed by atoms with Crippen LogP contribution in [0.25, 0.3) is 0 Å². The van der Waals surface area contributed by atoms with Crippen LogP contribution in [0.15, 0.2) is 22.7 Å². The molecule has 0 spiro atoms. The van der Waals surface area contributed by atoms with Crippen molar-refractivity contribution in [2.45, 2.75) is 19.3 Å². The van der Waals surface area contributed by atoms with Gasteiger partial charge in [-0.15, -0.1) is 0 Å². The number of aliphatic carboxylic acids is 1. The van der Waals surface area contributed by atoms with Gasteiger partial charge in [-0.05, 0) is 37.9 Å². The lowest BCUT2D eigenvalue weighted by Gasteiger charge is -2.34. The Morgan fingerprint density at radius 2 is 2.10 bits per heavy atom. The van der Waals surface area contributed by atoms with Crippen LogP contribution in [-0.4, -0.2) is 29.1 Å². The average Bonchev–Trinajstić information content (AvgIpc) is 2.41. The lowest BCUT2D eigenvalue weighted by atomic mass is 9.74. The number of piperidine rings is 1. The molecule has 1 fully saturated rings. The minimum absolute atomic E-state index is 0.00434. The molecule has 0 radical (unpaired) electrons. The number of nitrogens with one attached hydrogen (secondary N) is 1. The minimum atomic E-state index is -0.802. The molecule has 0 bridgehead atoms. The van der Waals surface area contributed by atoms with Crippen molar-refractivity contribution in [3.05, 3.63) is 38.3 Å². The second-order valence-electron chi connectivity index (χ2n) is 5.05. The number of nitrogens with zero attached hydrogens (tertiary/aromatic N) is 1. The summed E-state index contributed by atoms with van der Waals surface area (Å²) in [5.41, 5.74) is -0.000562. The van der Waals surface area contributed by atoms with Gasteiger partial charge in [0.2, 0.25) is 0 Å². The van der Waals surface area contributed by atoms with Gasteiger partial charge in [-0.1, -0.05) is 22.0 Å². The number of hydrogen-bond donors (Lipinski definition) is 2. The molecule has 0 amide bonds. The van der Waals surface area contributed by atoms with E-state index in [4.69, 9.17) is 0 Å². The molecule has 0 aliphatic carbocycles. The van der Waals surface area contributed by atoms with Crippen molar-refractivity contribution in [2.24, 2.45) is 5.41 Å². The van der Waals surface area contributed by atoms with Crippen molar-refractivity contribution >= 4 is 27.6 Å². The molecule has 0 atom stereocenters. The number of carboxylic acid groups (broad SMARTS) is 1. The number of non-ortho nitro benzene ring substituents is 1. The molecule has 1 heterocycles. The summed E-state index contributed by atoms with van der Waals surface area (Å²) in [5, 5.41) is 23.4. The highest BCUT2D eigenvalue weighted by atomic mass is 79.9. The molecule has 7 heteroatoms. The van der Waals surface area contributed by atoms with Crippen LogP contribution in [-0.2, 0) is 11.2 Å². The van der Waals surface area contributed by atoms with Crippen LogP contribution in [0.2, 0.25) is 0 Å². The first-order valence-corrected chi connectivity index (χ1v) is 7.11. The molecule has 1 aromatic rings. The van der Waals surface area contributed by atoms with E-state index in [0.717, 1.165) is 5.56 Å². The molecule has 0 aromatic heterocycles. The van der Waals surface area contributed by atoms with Crippen LogP contribution >= 0.6 is 15.9 Å². The Morgan fingerprint density at radius 1 is 1.45 bits per heavy atom. The van der Waals surface area contributed by atoms with Crippen molar-refractivity contribution in [1.29, 1.82) is 0 Å². The standard InChI is InChI=1S/C13H15BrN2O4/c14-11-7-10(16(19)20)2-1-9(11)8-13(12(17)18)3-5-15-6-4-13/h1-2,7,15H,3-6,8H2,(H,17,18). The predicted molar refractivity (Wildman–Crippen MR) is 76.7 cm³/mol. The Kier molecular flexibility index (Phi) is 4.39. The Hall–Kier alpha value is -1.47. The van der Waals surface area contributed by atoms with Crippen molar-refractivity contribution in [3.63, 3.8) is 0 Å². The van der Waals surface area contributed by atoms with E-state index in [0.29, 0.717) is 36.8 Å². The normalized spacial score (nSPS) is 17.6. The van der Waals surface area contributed by atoms with E-state index in [1.165, 1.54) is 12.1 Å². The second kappa shape index (κ2) is 5.88. The van der Waals surface area contributed by atoms with Gasteiger partial charge in [0.05, 0.1) is 10.3 Å². The van der Waals surface area contributed by atoms with E-state index in [2.05, 4.69) is 21.2 Å². The van der Waals surface area contributed by atoms with Gasteiger partial charge in [-0.3, -0.25) is 14.9 Å². The third-order valence-corrected chi connectivity index (χ3v) is 4.53. The molecule has 2 N–H and O–H groups in total. The summed E-state index contributed by atoms with van der Waals surface area (Å²) in [6, 6.07) is 4.47. The smallest absolute Gasteiger partial charge is 0.310 e. The Labute approximate surface area is 124 Å². The summed E-state index contributed by atoms with van der Waals surface area (Å²) in [6.45, 7) is 1.35. The van der Waals surface area contributed by atoms with Crippen LogP contribution in [0, 0.1) is 15.5 Å². The van der Waals surface area contributed by atoms with Gasteiger partial charge in [0, 0.05) is 16.6 Å². The Morgan fingerprint density at radius 3 is 2.60 bits per heavy atom. The number of halogens is 1. The zero-order chi connectivity index (χ0) is 14.8. The largest absolute Gasteiger partial charge is 0.481 e. The highest BCUT2D eigenvalue weighted by Gasteiger charge is 2.40. The van der Waals surface area contributed by atoms with Crippen molar-refractivity contribution in [2.75, 3.05) is 13.1 Å². The van der Waals surface area contributed by atoms with Crippen LogP contribution in [0.1, 0.15) is 18.4 Å². The van der Waals surface area contributed by atoms with E-state index >= 15 is 0 Å². The lowest BCUT2D eigenvalue weighted by Crippen LogP contribution is -2.43. The summed E-state index contributed by atoms with van der Waals surface area (Å²) in [6.07, 6.45) is 1.50. The number of carbonyl (C=O) groups is 1. The SMILES string of the molecule is O=C(O)C1(Cc2ccc([N+](=O)[O-])cc2Br)CCNCC1. The number of nitro groups is 1. The van der Waals surface area contributed by atoms with Crippen LogP contribution < -0.4 is 5.32 Å². The fourth-order valence-corrected chi connectivity index (χ4v) is 3.04. The quantitative estimate of drug-likeness (QED) is 0.647. The predicted octanol–water partition coefficient (Wildman–Crippen LogP) is 2.35.